The molecule has 0 atom stereocenters. The SMILES string of the molecule is C=CC(=O)OCCCCCCOc1ccc(OOCC2CCC(C(=O)Oc3ccc(OOCC4CCC(C(=O)Oc5ccc(OCCCCCCOC(=O)CCOC(=O)C=C)cc5)CC4)cc3)CC2)cc1. The summed E-state index contributed by atoms with van der Waals surface area (Å²) in [7, 11) is 0. The molecule has 71 heavy (non-hydrogen) atoms. The Bertz CT molecular complexity index is 2050. The smallest absolute Gasteiger partial charge is 0.330 e. The summed E-state index contributed by atoms with van der Waals surface area (Å²) < 4.78 is 37.9. The molecular weight excluding hydrogens is 917 g/mol. The molecule has 2 aliphatic carbocycles. The van der Waals surface area contributed by atoms with Crippen LogP contribution >= 0.6 is 0 Å². The van der Waals surface area contributed by atoms with Crippen molar-refractivity contribution < 1.29 is 76.7 Å². The Hall–Kier alpha value is -6.39. The highest BCUT2D eigenvalue weighted by molar-refractivity contribution is 5.81. The molecule has 16 heteroatoms. The van der Waals surface area contributed by atoms with Gasteiger partial charge in [-0.3, -0.25) is 14.4 Å². The van der Waals surface area contributed by atoms with Crippen LogP contribution in [0.5, 0.6) is 34.5 Å². The Morgan fingerprint density at radius 2 is 0.775 bits per heavy atom. The number of carbonyl (C=O) groups is 5. The molecule has 16 nitrogen and oxygen atoms in total. The molecule has 0 aliphatic heterocycles. The largest absolute Gasteiger partial charge is 0.494 e. The van der Waals surface area contributed by atoms with Gasteiger partial charge in [-0.1, -0.05) is 13.2 Å². The molecule has 3 aromatic carbocycles. The summed E-state index contributed by atoms with van der Waals surface area (Å²) in [6, 6.07) is 21.1. The Labute approximate surface area is 417 Å². The van der Waals surface area contributed by atoms with Gasteiger partial charge in [-0.25, -0.2) is 9.59 Å². The van der Waals surface area contributed by atoms with Gasteiger partial charge in [0.25, 0.3) is 0 Å². The molecule has 0 saturated heterocycles. The number of unbranched alkanes of at least 4 members (excludes halogenated alkanes) is 6. The van der Waals surface area contributed by atoms with E-state index in [-0.39, 0.29) is 54.6 Å². The molecule has 0 N–H and O–H groups in total. The lowest BCUT2D eigenvalue weighted by Gasteiger charge is -2.26. The molecule has 2 aliphatic rings. The average Bonchev–Trinajstić information content (AvgIpc) is 3.39. The minimum Gasteiger partial charge on any atom is -0.494 e. The van der Waals surface area contributed by atoms with Crippen LogP contribution in [0, 0.1) is 23.7 Å². The second kappa shape index (κ2) is 32.5. The van der Waals surface area contributed by atoms with Gasteiger partial charge in [-0.05, 0) is 187 Å². The highest BCUT2D eigenvalue weighted by Gasteiger charge is 2.30. The third-order valence-electron chi connectivity index (χ3n) is 12.2. The first-order valence-electron chi connectivity index (χ1n) is 25.0. The van der Waals surface area contributed by atoms with E-state index in [9.17, 15) is 24.0 Å². The van der Waals surface area contributed by atoms with Gasteiger partial charge < -0.3 is 42.9 Å². The summed E-state index contributed by atoms with van der Waals surface area (Å²) in [6.07, 6.45) is 15.4. The van der Waals surface area contributed by atoms with E-state index in [0.717, 1.165) is 88.9 Å². The average molecular weight is 987 g/mol. The molecule has 0 aromatic heterocycles. The van der Waals surface area contributed by atoms with Crippen LogP contribution in [0.15, 0.2) is 98.1 Å². The van der Waals surface area contributed by atoms with Crippen molar-refractivity contribution >= 4 is 29.8 Å². The van der Waals surface area contributed by atoms with E-state index in [2.05, 4.69) is 13.2 Å². The Balaban J connectivity index is 0.840. The lowest BCUT2D eigenvalue weighted by Crippen LogP contribution is -2.27. The molecule has 0 bridgehead atoms. The van der Waals surface area contributed by atoms with Crippen molar-refractivity contribution in [2.45, 2.75) is 109 Å². The van der Waals surface area contributed by atoms with Crippen LogP contribution in [0.3, 0.4) is 0 Å². The summed E-state index contributed by atoms with van der Waals surface area (Å²) in [5, 5.41) is 0. The maximum Gasteiger partial charge on any atom is 0.330 e. The quantitative estimate of drug-likeness (QED) is 0.0107. The number of ether oxygens (including phenoxy) is 7. The van der Waals surface area contributed by atoms with E-state index in [1.165, 1.54) is 6.08 Å². The first-order chi connectivity index (χ1) is 34.7. The van der Waals surface area contributed by atoms with E-state index in [1.807, 2.05) is 12.1 Å². The van der Waals surface area contributed by atoms with Crippen molar-refractivity contribution in [2.75, 3.05) is 46.2 Å². The molecule has 0 unspecified atom stereocenters. The highest BCUT2D eigenvalue weighted by Crippen LogP contribution is 2.33. The number of hydrogen-bond donors (Lipinski definition) is 0. The minimum atomic E-state index is -0.566. The number of benzene rings is 3. The van der Waals surface area contributed by atoms with Crippen LogP contribution in [0.1, 0.15) is 109 Å². The maximum absolute atomic E-state index is 13.0. The van der Waals surface area contributed by atoms with Crippen molar-refractivity contribution in [3.8, 4) is 34.5 Å². The van der Waals surface area contributed by atoms with Crippen molar-refractivity contribution in [3.05, 3.63) is 98.1 Å². The molecule has 0 spiro atoms. The zero-order chi connectivity index (χ0) is 50.3. The standard InChI is InChI=1S/C55H70O16/c1-3-51(56)63-36-11-7-5-9-35-62-46-23-29-49(30-24-46)70-66-39-41-15-19-44(20-16-41)55(60)69-48-27-31-50(32-28-48)71-67-40-42-13-17-43(18-14-42)54(59)68-47-25-21-45(22-26-47)61-34-10-6-8-12-37-64-53(58)33-38-65-52(57)4-2/h3-4,21-32,41-44H,1-2,5-20,33-40H2. The topological polar surface area (TPSA) is 187 Å². The Kier molecular flexibility index (Phi) is 25.4. The van der Waals surface area contributed by atoms with Gasteiger partial charge in [0.15, 0.2) is 11.5 Å². The first kappa shape index (κ1) is 55.5. The summed E-state index contributed by atoms with van der Waals surface area (Å²) in [6.45, 7) is 9.34. The van der Waals surface area contributed by atoms with Crippen molar-refractivity contribution in [2.24, 2.45) is 23.7 Å². The Morgan fingerprint density at radius 3 is 1.18 bits per heavy atom. The molecule has 2 fully saturated rings. The van der Waals surface area contributed by atoms with Crippen molar-refractivity contribution in [3.63, 3.8) is 0 Å². The van der Waals surface area contributed by atoms with E-state index in [1.54, 1.807) is 60.7 Å². The molecular formula is C55H70O16. The molecule has 2 saturated carbocycles. The molecule has 0 radical (unpaired) electrons. The van der Waals surface area contributed by atoms with E-state index < -0.39 is 11.9 Å². The van der Waals surface area contributed by atoms with Gasteiger partial charge in [-0.2, -0.15) is 9.78 Å². The van der Waals surface area contributed by atoms with Crippen LogP contribution < -0.4 is 28.7 Å². The predicted molar refractivity (Wildman–Crippen MR) is 260 cm³/mol. The number of hydrogen-bond acceptors (Lipinski definition) is 16. The zero-order valence-corrected chi connectivity index (χ0v) is 40.8. The van der Waals surface area contributed by atoms with E-state index in [4.69, 9.17) is 52.7 Å². The molecule has 3 aromatic rings. The molecule has 0 heterocycles. The number of esters is 5. The molecule has 386 valence electrons. The van der Waals surface area contributed by atoms with Crippen LogP contribution in [0.2, 0.25) is 0 Å². The van der Waals surface area contributed by atoms with Crippen LogP contribution in [-0.4, -0.2) is 76.1 Å². The highest BCUT2D eigenvalue weighted by atomic mass is 17.2. The van der Waals surface area contributed by atoms with Crippen LogP contribution in [-0.2, 0) is 48.0 Å². The fourth-order valence-corrected chi connectivity index (χ4v) is 7.96. The van der Waals surface area contributed by atoms with Crippen molar-refractivity contribution in [1.29, 1.82) is 0 Å². The number of carbonyl (C=O) groups excluding carboxylic acids is 5. The minimum absolute atomic E-state index is 0.0181. The third-order valence-corrected chi connectivity index (χ3v) is 12.2. The maximum atomic E-state index is 13.0. The third kappa shape index (κ3) is 22.5. The van der Waals surface area contributed by atoms with Gasteiger partial charge in [-0.15, -0.1) is 0 Å². The van der Waals surface area contributed by atoms with Crippen molar-refractivity contribution in [1.82, 2.24) is 0 Å². The fraction of sp³-hybridized carbons (Fsp3) is 0.509. The van der Waals surface area contributed by atoms with E-state index >= 15 is 0 Å². The lowest BCUT2D eigenvalue weighted by molar-refractivity contribution is -0.218. The Morgan fingerprint density at radius 1 is 0.423 bits per heavy atom. The van der Waals surface area contributed by atoms with Crippen LogP contribution in [0.4, 0.5) is 0 Å². The summed E-state index contributed by atoms with van der Waals surface area (Å²) in [5.41, 5.74) is 0. The second-order valence-corrected chi connectivity index (χ2v) is 17.7. The lowest BCUT2D eigenvalue weighted by atomic mass is 9.82. The first-order valence-corrected chi connectivity index (χ1v) is 25.0. The van der Waals surface area contributed by atoms with Gasteiger partial charge in [0, 0.05) is 12.2 Å². The fourth-order valence-electron chi connectivity index (χ4n) is 7.96. The van der Waals surface area contributed by atoms with Gasteiger partial charge in [0.1, 0.15) is 29.6 Å². The predicted octanol–water partition coefficient (Wildman–Crippen LogP) is 10.4. The number of rotatable bonds is 33. The summed E-state index contributed by atoms with van der Waals surface area (Å²) in [5.74, 6) is 1.74. The summed E-state index contributed by atoms with van der Waals surface area (Å²) >= 11 is 0. The zero-order valence-electron chi connectivity index (χ0n) is 40.8. The van der Waals surface area contributed by atoms with Gasteiger partial charge in [0.2, 0.25) is 0 Å². The van der Waals surface area contributed by atoms with Gasteiger partial charge in [0.05, 0.1) is 57.9 Å². The monoisotopic (exact) mass is 986 g/mol. The van der Waals surface area contributed by atoms with Crippen LogP contribution in [0.25, 0.3) is 0 Å². The van der Waals surface area contributed by atoms with Gasteiger partial charge >= 0.3 is 29.8 Å². The van der Waals surface area contributed by atoms with E-state index in [0.29, 0.717) is 94.1 Å². The second-order valence-electron chi connectivity index (χ2n) is 17.7. The normalized spacial score (nSPS) is 17.4. The summed E-state index contributed by atoms with van der Waals surface area (Å²) in [4.78, 5) is 81.7. The molecule has 5 rings (SSSR count). The molecule has 0 amide bonds.